The molecule has 3 rings (SSSR count). The fourth-order valence-corrected chi connectivity index (χ4v) is 33.5. The second kappa shape index (κ2) is 38.9. The summed E-state index contributed by atoms with van der Waals surface area (Å²) < 4.78 is 32.9. The molecule has 0 aliphatic carbocycles. The van der Waals surface area contributed by atoms with Gasteiger partial charge in [-0.05, 0) is 142 Å². The van der Waals surface area contributed by atoms with E-state index in [1.54, 1.807) is 0 Å². The van der Waals surface area contributed by atoms with Gasteiger partial charge in [-0.25, -0.2) is 0 Å². The highest BCUT2D eigenvalue weighted by atomic mass is 35.6. The third-order valence-electron chi connectivity index (χ3n) is 6.75. The summed E-state index contributed by atoms with van der Waals surface area (Å²) in [6.45, 7) is 35.9. The normalized spacial score (nSPS) is 19.9. The lowest BCUT2D eigenvalue weighted by Gasteiger charge is -2.27. The van der Waals surface area contributed by atoms with Gasteiger partial charge in [0.2, 0.25) is 0 Å². The van der Waals surface area contributed by atoms with E-state index < -0.39 is 72.2 Å². The highest BCUT2D eigenvalue weighted by Crippen LogP contribution is 2.24. The van der Waals surface area contributed by atoms with Crippen LogP contribution in [0.25, 0.3) is 0 Å². The Morgan fingerprint density at radius 3 is 1.00 bits per heavy atom. The molecule has 0 bridgehead atoms. The molecule has 56 heavy (non-hydrogen) atoms. The van der Waals surface area contributed by atoms with Gasteiger partial charge in [0, 0.05) is 19.8 Å². The van der Waals surface area contributed by atoms with Crippen LogP contribution in [0.1, 0.15) is 90.0 Å². The molecule has 3 heterocycles. The molecule has 3 aliphatic heterocycles. The van der Waals surface area contributed by atoms with Crippen molar-refractivity contribution in [2.24, 2.45) is 0 Å². The highest BCUT2D eigenvalue weighted by molar-refractivity contribution is 7.25. The van der Waals surface area contributed by atoms with Crippen molar-refractivity contribution >= 4 is 139 Å². The molecule has 0 spiro atoms. The van der Waals surface area contributed by atoms with Crippen molar-refractivity contribution in [2.75, 3.05) is 19.8 Å². The summed E-state index contributed by atoms with van der Waals surface area (Å²) in [6.07, 6.45) is 8.11. The lowest BCUT2D eigenvalue weighted by molar-refractivity contribution is 0.275. The number of hydrogen-bond acceptors (Lipinski definition) is 6. The Morgan fingerprint density at radius 2 is 0.911 bits per heavy atom. The molecule has 0 aromatic carbocycles. The van der Waals surface area contributed by atoms with Crippen molar-refractivity contribution < 1.29 is 25.6 Å². The maximum atomic E-state index is 6.07. The molecule has 3 atom stereocenters. The zero-order valence-corrected chi connectivity index (χ0v) is 48.4. The first-order valence-electron chi connectivity index (χ1n) is 18.3. The molecular weight excluding hydrogens is 982 g/mol. The molecular formula is C35H100Cl6O6Si9. The first kappa shape index (κ1) is 79.8. The van der Waals surface area contributed by atoms with Gasteiger partial charge in [-0.1, -0.05) is 70.7 Å². The molecule has 354 valence electrons. The van der Waals surface area contributed by atoms with Gasteiger partial charge in [-0.2, -0.15) is 0 Å². The van der Waals surface area contributed by atoms with Gasteiger partial charge in [0.25, 0.3) is 46.5 Å². The van der Waals surface area contributed by atoms with Gasteiger partial charge in [0.05, 0.1) is 0 Å². The second-order valence-corrected chi connectivity index (χ2v) is 59.9. The van der Waals surface area contributed by atoms with Gasteiger partial charge < -0.3 is 25.6 Å². The Kier molecular flexibility index (Phi) is 55.4. The van der Waals surface area contributed by atoms with E-state index in [1.165, 1.54) is 56.7 Å². The third kappa shape index (κ3) is 69.2. The fourth-order valence-electron chi connectivity index (χ4n) is 4.59. The van der Waals surface area contributed by atoms with Crippen molar-refractivity contribution in [3.8, 4) is 0 Å². The molecule has 0 radical (unpaired) electrons. The van der Waals surface area contributed by atoms with Crippen LogP contribution in [0.15, 0.2) is 0 Å². The summed E-state index contributed by atoms with van der Waals surface area (Å²) in [5.41, 5.74) is 0. The van der Waals surface area contributed by atoms with Crippen LogP contribution >= 0.6 is 66.5 Å². The predicted octanol–water partition coefficient (Wildman–Crippen LogP) is 17.2. The number of rotatable bonds is 7. The molecule has 0 aromatic heterocycles. The molecule has 3 saturated heterocycles. The quantitative estimate of drug-likeness (QED) is 0.187. The Balaban J connectivity index is -0.0000000663. The monoisotopic (exact) mass is 1080 g/mol. The predicted molar refractivity (Wildman–Crippen MR) is 292 cm³/mol. The summed E-state index contributed by atoms with van der Waals surface area (Å²) in [4.78, 5) is 0. The lowest BCUT2D eigenvalue weighted by atomic mass is 10.4. The van der Waals surface area contributed by atoms with Crippen LogP contribution in [0.5, 0.6) is 0 Å². The summed E-state index contributed by atoms with van der Waals surface area (Å²) >= 11 is 35.2. The van der Waals surface area contributed by atoms with Crippen LogP contribution in [-0.4, -0.2) is 92.0 Å². The minimum atomic E-state index is -1.91. The Hall–Kier alpha value is 3.45. The van der Waals surface area contributed by atoms with E-state index in [0.29, 0.717) is 0 Å². The Morgan fingerprint density at radius 1 is 0.571 bits per heavy atom. The molecule has 0 amide bonds. The summed E-state index contributed by atoms with van der Waals surface area (Å²) in [5, 5.41) is 0. The lowest BCUT2D eigenvalue weighted by Crippen LogP contribution is -2.38. The van der Waals surface area contributed by atoms with E-state index in [2.05, 4.69) is 32.7 Å². The Labute approximate surface area is 393 Å². The van der Waals surface area contributed by atoms with Crippen molar-refractivity contribution in [3.63, 3.8) is 0 Å². The van der Waals surface area contributed by atoms with Crippen molar-refractivity contribution in [1.82, 2.24) is 0 Å². The van der Waals surface area contributed by atoms with Gasteiger partial charge in [-0.3, -0.25) is 0 Å². The molecule has 6 nitrogen and oxygen atoms in total. The molecule has 0 saturated carbocycles. The Bertz CT molecular complexity index is 791. The van der Waals surface area contributed by atoms with E-state index in [0.717, 1.165) is 25.9 Å². The van der Waals surface area contributed by atoms with Gasteiger partial charge in [0.15, 0.2) is 25.7 Å². The maximum Gasteiger partial charge on any atom is 0.277 e. The van der Waals surface area contributed by atoms with Crippen molar-refractivity contribution in [3.05, 3.63) is 0 Å². The van der Waals surface area contributed by atoms with Crippen LogP contribution in [0.3, 0.4) is 0 Å². The van der Waals surface area contributed by atoms with Gasteiger partial charge in [0.1, 0.15) is 0 Å². The van der Waals surface area contributed by atoms with Crippen LogP contribution in [0.4, 0.5) is 0 Å². The molecule has 3 unspecified atom stereocenters. The molecule has 0 N–H and O–H groups in total. The minimum absolute atomic E-state index is 0. The summed E-state index contributed by atoms with van der Waals surface area (Å²) in [5.74, 6) is 0. The smallest absolute Gasteiger partial charge is 0.277 e. The van der Waals surface area contributed by atoms with E-state index in [9.17, 15) is 0 Å². The number of hydrogen-bond donors (Lipinski definition) is 0. The first-order chi connectivity index (χ1) is 22.2. The van der Waals surface area contributed by atoms with Crippen LogP contribution in [-0.2, 0) is 25.6 Å². The van der Waals surface area contributed by atoms with Crippen molar-refractivity contribution in [2.45, 2.75) is 212 Å². The second-order valence-electron chi connectivity index (χ2n) is 16.1. The van der Waals surface area contributed by atoms with Crippen LogP contribution in [0.2, 0.25) is 122 Å². The highest BCUT2D eigenvalue weighted by Gasteiger charge is 2.33. The van der Waals surface area contributed by atoms with Crippen LogP contribution < -0.4 is 0 Å². The van der Waals surface area contributed by atoms with E-state index in [1.807, 2.05) is 72.4 Å². The largest absolute Gasteiger partial charge is 0.435 e. The SMILES string of the molecule is C.C.C.C.C.C.CC[Si](C)(Cl)O[Si](C)(C)Cl.C[SiH](Cl)O[Si](C)(C)Cl.C[SiH]1CCCCO1.C[Si](C)(Cl)O[Si](C)(C)Cl.C[Si]1(C)CCCCO1.C[Si]1(C)CCCCO1. The maximum absolute atomic E-state index is 6.07. The first-order valence-corrected chi connectivity index (χ1v) is 49.6. The van der Waals surface area contributed by atoms with Gasteiger partial charge in [-0.15, -0.1) is 66.5 Å². The molecule has 21 heteroatoms. The zero-order valence-electron chi connectivity index (χ0n) is 34.6. The fraction of sp³-hybridized carbons (Fsp3) is 1.00. The summed E-state index contributed by atoms with van der Waals surface area (Å²) in [7, 11) is -13.6. The molecule has 3 aliphatic rings. The average Bonchev–Trinajstić information content (AvgIpc) is 2.86. The minimum Gasteiger partial charge on any atom is -0.435 e. The third-order valence-corrected chi connectivity index (χ3v) is 31.4. The standard InChI is InChI=1S/2C6H14OSi.C5H14Cl2OSi2.C5H12OSi.C4H12Cl2OSi2.C3H10Cl2OSi2.6CH4/c2*1-8(2)6-4-3-5-7-8;1-5-10(4,7)8-9(2,3)6;1-7-5-3-2-4-6-7;1-8(2,5)7-9(3,4)6;1-7(4)6-8(2,3)5;;;;;;/h2*3-6H2,1-2H3;5H2,1-4H3;7H,2-5H2,1H3;1-4H3;7H,1-3H3;6*1H4. The topological polar surface area (TPSA) is 55.4 Å². The molecule has 0 aromatic rings. The van der Waals surface area contributed by atoms with E-state index in [4.69, 9.17) is 92.1 Å². The van der Waals surface area contributed by atoms with E-state index in [-0.39, 0.29) is 44.6 Å². The zero-order chi connectivity index (χ0) is 40.1. The molecule has 3 fully saturated rings. The number of halogens is 6. The van der Waals surface area contributed by atoms with Gasteiger partial charge >= 0.3 is 0 Å². The van der Waals surface area contributed by atoms with Crippen LogP contribution in [0, 0.1) is 0 Å². The van der Waals surface area contributed by atoms with Crippen molar-refractivity contribution in [1.29, 1.82) is 0 Å². The average molecular weight is 1080 g/mol. The van der Waals surface area contributed by atoms with E-state index >= 15 is 0 Å². The summed E-state index contributed by atoms with van der Waals surface area (Å²) in [6, 6.07) is 5.05.